The lowest BCUT2D eigenvalue weighted by molar-refractivity contribution is 0.464. The fourth-order valence-electron chi connectivity index (χ4n) is 2.17. The fourth-order valence-corrected chi connectivity index (χ4v) is 3.93. The summed E-state index contributed by atoms with van der Waals surface area (Å²) < 4.78 is 26.3. The number of benzene rings is 1. The molecule has 0 aliphatic heterocycles. The number of sulfonamides is 1. The van der Waals surface area contributed by atoms with Crippen LogP contribution in [-0.2, 0) is 16.6 Å². The van der Waals surface area contributed by atoms with Crippen LogP contribution >= 0.6 is 11.6 Å². The molecule has 0 atom stereocenters. The smallest absolute Gasteiger partial charge is 0.243 e. The van der Waals surface area contributed by atoms with Crippen LogP contribution in [0.1, 0.15) is 31.2 Å². The van der Waals surface area contributed by atoms with Crippen LogP contribution in [0.5, 0.6) is 0 Å². The summed E-state index contributed by atoms with van der Waals surface area (Å²) in [5.41, 5.74) is 0.951. The highest BCUT2D eigenvalue weighted by atomic mass is 35.5. The summed E-state index contributed by atoms with van der Waals surface area (Å²) in [5, 5.41) is 3.90. The number of nitrogens with zero attached hydrogens (tertiary/aromatic N) is 1. The van der Waals surface area contributed by atoms with E-state index in [1.165, 1.54) is 17.1 Å². The van der Waals surface area contributed by atoms with E-state index in [0.29, 0.717) is 17.6 Å². The zero-order valence-electron chi connectivity index (χ0n) is 11.5. The van der Waals surface area contributed by atoms with Crippen LogP contribution < -0.4 is 5.32 Å². The Bertz CT molecular complexity index is 610. The highest BCUT2D eigenvalue weighted by molar-refractivity contribution is 7.89. The third-order valence-electron chi connectivity index (χ3n) is 3.92. The van der Waals surface area contributed by atoms with Gasteiger partial charge < -0.3 is 5.32 Å². The number of rotatable bonds is 6. The lowest BCUT2D eigenvalue weighted by Crippen LogP contribution is -2.29. The Kier molecular flexibility index (Phi) is 3.79. The average Bonchev–Trinajstić information content (AvgIpc) is 3.28. The molecule has 110 valence electrons. The fraction of sp³-hybridized carbons (Fsp3) is 0.571. The maximum atomic E-state index is 12.4. The van der Waals surface area contributed by atoms with Crippen molar-refractivity contribution in [2.24, 2.45) is 0 Å². The third-order valence-corrected chi connectivity index (χ3v) is 6.18. The molecular formula is C14H19ClN2O2S. The Hall–Kier alpha value is -0.620. The van der Waals surface area contributed by atoms with Gasteiger partial charge in [0.1, 0.15) is 0 Å². The molecule has 0 amide bonds. The molecule has 3 rings (SSSR count). The lowest BCUT2D eigenvalue weighted by atomic mass is 10.2. The van der Waals surface area contributed by atoms with Crippen molar-refractivity contribution in [3.63, 3.8) is 0 Å². The van der Waals surface area contributed by atoms with Crippen molar-refractivity contribution in [1.29, 1.82) is 0 Å². The number of halogens is 1. The van der Waals surface area contributed by atoms with Crippen LogP contribution in [-0.4, -0.2) is 31.9 Å². The van der Waals surface area contributed by atoms with Crippen LogP contribution in [0.2, 0.25) is 5.02 Å². The van der Waals surface area contributed by atoms with Gasteiger partial charge in [0.15, 0.2) is 0 Å². The van der Waals surface area contributed by atoms with E-state index in [0.717, 1.165) is 18.4 Å². The summed E-state index contributed by atoms with van der Waals surface area (Å²) in [6.45, 7) is 0.697. The van der Waals surface area contributed by atoms with Crippen molar-refractivity contribution < 1.29 is 8.42 Å². The molecule has 0 aromatic heterocycles. The summed E-state index contributed by atoms with van der Waals surface area (Å²) in [5.74, 6) is 0. The molecule has 4 nitrogen and oxygen atoms in total. The first-order valence-corrected chi connectivity index (χ1v) is 8.80. The Morgan fingerprint density at radius 2 is 2.00 bits per heavy atom. The zero-order chi connectivity index (χ0) is 14.3. The van der Waals surface area contributed by atoms with E-state index in [2.05, 4.69) is 5.32 Å². The topological polar surface area (TPSA) is 49.4 Å². The van der Waals surface area contributed by atoms with Crippen molar-refractivity contribution in [2.75, 3.05) is 7.05 Å². The van der Waals surface area contributed by atoms with E-state index in [1.54, 1.807) is 19.2 Å². The van der Waals surface area contributed by atoms with Gasteiger partial charge in [-0.2, -0.15) is 4.31 Å². The van der Waals surface area contributed by atoms with E-state index in [-0.39, 0.29) is 10.9 Å². The predicted molar refractivity (Wildman–Crippen MR) is 79.3 cm³/mol. The van der Waals surface area contributed by atoms with Crippen LogP contribution in [0.15, 0.2) is 23.1 Å². The SMILES string of the molecule is CN(C1CC1)S(=O)(=O)c1ccc(CNC2CC2)c(Cl)c1. The Balaban J connectivity index is 1.77. The zero-order valence-corrected chi connectivity index (χ0v) is 13.0. The predicted octanol–water partition coefficient (Wildman–Crippen LogP) is 2.37. The number of nitrogens with one attached hydrogen (secondary N) is 1. The van der Waals surface area contributed by atoms with Gasteiger partial charge in [-0.05, 0) is 43.4 Å². The second-order valence-corrected chi connectivity index (χ2v) is 8.07. The molecule has 1 aromatic rings. The van der Waals surface area contributed by atoms with Gasteiger partial charge in [-0.3, -0.25) is 0 Å². The molecule has 0 heterocycles. The van der Waals surface area contributed by atoms with E-state index < -0.39 is 10.0 Å². The summed E-state index contributed by atoms with van der Waals surface area (Å²) in [4.78, 5) is 0.284. The van der Waals surface area contributed by atoms with Gasteiger partial charge in [-0.25, -0.2) is 8.42 Å². The highest BCUT2D eigenvalue weighted by Gasteiger charge is 2.35. The summed E-state index contributed by atoms with van der Waals surface area (Å²) >= 11 is 6.22. The van der Waals surface area contributed by atoms with Gasteiger partial charge in [-0.1, -0.05) is 17.7 Å². The summed E-state index contributed by atoms with van der Waals surface area (Å²) in [7, 11) is -1.76. The second kappa shape index (κ2) is 5.30. The molecule has 0 saturated heterocycles. The van der Waals surface area contributed by atoms with E-state index in [4.69, 9.17) is 11.6 Å². The van der Waals surface area contributed by atoms with E-state index in [1.807, 2.05) is 6.07 Å². The van der Waals surface area contributed by atoms with Crippen molar-refractivity contribution in [3.05, 3.63) is 28.8 Å². The maximum Gasteiger partial charge on any atom is 0.243 e. The molecule has 20 heavy (non-hydrogen) atoms. The second-order valence-electron chi connectivity index (χ2n) is 5.66. The molecule has 1 N–H and O–H groups in total. The van der Waals surface area contributed by atoms with Gasteiger partial charge in [0.2, 0.25) is 10.0 Å². The largest absolute Gasteiger partial charge is 0.310 e. The Morgan fingerprint density at radius 1 is 1.30 bits per heavy atom. The normalized spacial score (nSPS) is 19.6. The van der Waals surface area contributed by atoms with Crippen molar-refractivity contribution in [1.82, 2.24) is 9.62 Å². The Morgan fingerprint density at radius 3 is 2.55 bits per heavy atom. The first kappa shape index (κ1) is 14.3. The molecule has 0 radical (unpaired) electrons. The van der Waals surface area contributed by atoms with Gasteiger partial charge >= 0.3 is 0 Å². The molecule has 2 aliphatic rings. The van der Waals surface area contributed by atoms with Crippen LogP contribution in [0, 0.1) is 0 Å². The molecule has 2 fully saturated rings. The summed E-state index contributed by atoms with van der Waals surface area (Å²) in [6.07, 6.45) is 4.34. The maximum absolute atomic E-state index is 12.4. The van der Waals surface area contributed by atoms with Crippen molar-refractivity contribution in [3.8, 4) is 0 Å². The minimum absolute atomic E-state index is 0.162. The standard InChI is InChI=1S/C14H19ClN2O2S/c1-17(12-5-6-12)20(18,19)13-7-2-10(14(15)8-13)9-16-11-3-4-11/h2,7-8,11-12,16H,3-6,9H2,1H3. The minimum atomic E-state index is -3.41. The quantitative estimate of drug-likeness (QED) is 0.877. The van der Waals surface area contributed by atoms with E-state index >= 15 is 0 Å². The molecule has 2 aliphatic carbocycles. The molecule has 2 saturated carbocycles. The van der Waals surface area contributed by atoms with E-state index in [9.17, 15) is 8.42 Å². The lowest BCUT2D eigenvalue weighted by Gasteiger charge is -2.17. The first-order chi connectivity index (χ1) is 9.48. The van der Waals surface area contributed by atoms with Crippen molar-refractivity contribution in [2.45, 2.75) is 49.2 Å². The molecule has 0 unspecified atom stereocenters. The van der Waals surface area contributed by atoms with Gasteiger partial charge in [0.05, 0.1) is 4.90 Å². The van der Waals surface area contributed by atoms with Gasteiger partial charge in [-0.15, -0.1) is 0 Å². The van der Waals surface area contributed by atoms with Crippen LogP contribution in [0.25, 0.3) is 0 Å². The third kappa shape index (κ3) is 3.01. The monoisotopic (exact) mass is 314 g/mol. The highest BCUT2D eigenvalue weighted by Crippen LogP contribution is 2.31. The average molecular weight is 315 g/mol. The molecular weight excluding hydrogens is 296 g/mol. The number of hydrogen-bond acceptors (Lipinski definition) is 3. The minimum Gasteiger partial charge on any atom is -0.310 e. The van der Waals surface area contributed by atoms with Crippen LogP contribution in [0.3, 0.4) is 0 Å². The molecule has 0 spiro atoms. The number of hydrogen-bond donors (Lipinski definition) is 1. The molecule has 0 bridgehead atoms. The van der Waals surface area contributed by atoms with Crippen molar-refractivity contribution >= 4 is 21.6 Å². The summed E-state index contributed by atoms with van der Waals surface area (Å²) in [6, 6.07) is 5.81. The van der Waals surface area contributed by atoms with Gasteiger partial charge in [0.25, 0.3) is 0 Å². The van der Waals surface area contributed by atoms with Crippen LogP contribution in [0.4, 0.5) is 0 Å². The molecule has 6 heteroatoms. The first-order valence-electron chi connectivity index (χ1n) is 6.98. The Labute approximate surface area is 125 Å². The van der Waals surface area contributed by atoms with Gasteiger partial charge in [0, 0.05) is 30.7 Å². The molecule has 1 aromatic carbocycles.